The van der Waals surface area contributed by atoms with Crippen LogP contribution in [0.25, 0.3) is 11.1 Å². The molecule has 16 heteroatoms. The van der Waals surface area contributed by atoms with Crippen molar-refractivity contribution in [3.63, 3.8) is 0 Å². The van der Waals surface area contributed by atoms with Crippen molar-refractivity contribution in [2.24, 2.45) is 11.8 Å². The summed E-state index contributed by atoms with van der Waals surface area (Å²) in [6.45, 7) is 7.43. The Morgan fingerprint density at radius 3 is 1.94 bits per heavy atom. The van der Waals surface area contributed by atoms with Crippen LogP contribution in [0.1, 0.15) is 85.5 Å². The lowest BCUT2D eigenvalue weighted by Crippen LogP contribution is -2.64. The van der Waals surface area contributed by atoms with Crippen LogP contribution >= 0.6 is 0 Å². The predicted molar refractivity (Wildman–Crippen MR) is 177 cm³/mol. The quantitative estimate of drug-likeness (QED) is 0.111. The van der Waals surface area contributed by atoms with Crippen LogP contribution in [0.3, 0.4) is 0 Å². The van der Waals surface area contributed by atoms with E-state index in [1.165, 1.54) is 27.7 Å². The Balaban J connectivity index is 1.34. The van der Waals surface area contributed by atoms with E-state index in [-0.39, 0.29) is 22.3 Å². The van der Waals surface area contributed by atoms with Gasteiger partial charge in [0.05, 0.1) is 34.2 Å². The van der Waals surface area contributed by atoms with E-state index < -0.39 is 140 Å². The van der Waals surface area contributed by atoms with Gasteiger partial charge in [0, 0.05) is 49.0 Å². The van der Waals surface area contributed by atoms with Crippen molar-refractivity contribution in [3.05, 3.63) is 52.1 Å². The highest BCUT2D eigenvalue weighted by Gasteiger charge is 2.91. The largest absolute Gasteiger partial charge is 0.506 e. The van der Waals surface area contributed by atoms with Crippen molar-refractivity contribution in [2.45, 2.75) is 89.0 Å². The van der Waals surface area contributed by atoms with Gasteiger partial charge in [0.15, 0.2) is 17.3 Å². The molecular weight excluding hydrogens is 712 g/mol. The van der Waals surface area contributed by atoms with E-state index in [4.69, 9.17) is 18.9 Å². The second-order valence-corrected chi connectivity index (χ2v) is 14.9. The maximum atomic E-state index is 14.4. The van der Waals surface area contributed by atoms with E-state index >= 15 is 0 Å². The Bertz CT molecular complexity index is 2240. The summed E-state index contributed by atoms with van der Waals surface area (Å²) in [6.07, 6.45) is -3.76. The Labute approximate surface area is 305 Å². The minimum absolute atomic E-state index is 0.317. The van der Waals surface area contributed by atoms with Gasteiger partial charge < -0.3 is 39.4 Å². The van der Waals surface area contributed by atoms with Crippen molar-refractivity contribution in [3.8, 4) is 28.4 Å². The second-order valence-electron chi connectivity index (χ2n) is 14.9. The molecule has 16 nitrogen and oxygen atoms in total. The highest BCUT2D eigenvalue weighted by molar-refractivity contribution is 6.38. The number of allylic oxidation sites excluding steroid dienone is 1. The number of carbonyl (C=O) groups is 8. The van der Waals surface area contributed by atoms with Gasteiger partial charge in [-0.15, -0.1) is 0 Å². The monoisotopic (exact) mass is 746 g/mol. The first kappa shape index (κ1) is 36.8. The number of esters is 3. The molecule has 282 valence electrons. The number of hydrogen-bond donors (Lipinski definition) is 4. The number of aromatic hydroxyl groups is 2. The Morgan fingerprint density at radius 2 is 1.33 bits per heavy atom. The molecule has 2 aromatic carbocycles. The zero-order valence-electron chi connectivity index (χ0n) is 29.7. The molecule has 5 aliphatic rings. The fourth-order valence-electron chi connectivity index (χ4n) is 9.24. The van der Waals surface area contributed by atoms with Crippen molar-refractivity contribution in [1.29, 1.82) is 0 Å². The van der Waals surface area contributed by atoms with Gasteiger partial charge in [-0.25, -0.2) is 4.79 Å². The number of Topliss-reactive ketones (excluding diaryl/α,β-unsaturated/α-hetero) is 5. The Kier molecular flexibility index (Phi) is 7.80. The fourth-order valence-corrected chi connectivity index (χ4v) is 9.24. The van der Waals surface area contributed by atoms with E-state index in [2.05, 4.69) is 0 Å². The molecule has 0 radical (unpaired) electrons. The van der Waals surface area contributed by atoms with Crippen LogP contribution in [-0.2, 0) is 38.2 Å². The topological polar surface area (TPSA) is 258 Å². The zero-order chi connectivity index (χ0) is 39.8. The number of fused-ring (bicyclic) bond motifs is 2. The SMILES string of the molecule is CC(=O)O[C@H](C)[C@@H]1C23OC2(C(=O)C[C@]1(C)O)C(=O)c1c(ccc(-c2ccc4c(c2O)C(=O)C2=C(C4=O)[C@@H]([C@@H](C)OC(C)=O)[C@@](C)(O)CC2=O)c1O)OC3=O. The van der Waals surface area contributed by atoms with Gasteiger partial charge >= 0.3 is 17.9 Å². The normalized spacial score (nSPS) is 32.2. The molecular formula is C38H34O16. The summed E-state index contributed by atoms with van der Waals surface area (Å²) in [7, 11) is 0. The third-order valence-electron chi connectivity index (χ3n) is 11.1. The highest BCUT2D eigenvalue weighted by atomic mass is 16.7. The molecule has 4 N–H and O–H groups in total. The fraction of sp³-hybridized carbons (Fsp3) is 0.421. The van der Waals surface area contributed by atoms with Gasteiger partial charge in [-0.1, -0.05) is 0 Å². The smallest absolute Gasteiger partial charge is 0.348 e. The summed E-state index contributed by atoms with van der Waals surface area (Å²) in [6, 6.07) is 4.48. The molecule has 7 rings (SSSR count). The molecule has 0 aromatic heterocycles. The van der Waals surface area contributed by atoms with Gasteiger partial charge in [0.25, 0.3) is 0 Å². The van der Waals surface area contributed by atoms with Crippen LogP contribution in [0, 0.1) is 11.8 Å². The average Bonchev–Trinajstić information content (AvgIpc) is 3.75. The molecule has 2 unspecified atom stereocenters. The van der Waals surface area contributed by atoms with Crippen molar-refractivity contribution < 1.29 is 77.7 Å². The molecule has 3 aliphatic carbocycles. The predicted octanol–water partition coefficient (Wildman–Crippen LogP) is 1.63. The summed E-state index contributed by atoms with van der Waals surface area (Å²) in [5, 5.41) is 45.8. The van der Waals surface area contributed by atoms with E-state index in [9.17, 15) is 58.8 Å². The third kappa shape index (κ3) is 4.66. The van der Waals surface area contributed by atoms with Crippen LogP contribution in [0.4, 0.5) is 0 Å². The van der Waals surface area contributed by atoms with Gasteiger partial charge in [0.1, 0.15) is 35.0 Å². The summed E-state index contributed by atoms with van der Waals surface area (Å²) < 4.78 is 21.8. The number of phenolic OH excluding ortho intramolecular Hbond substituents is 2. The lowest BCUT2D eigenvalue weighted by Gasteiger charge is -2.42. The minimum Gasteiger partial charge on any atom is -0.506 e. The van der Waals surface area contributed by atoms with Crippen molar-refractivity contribution in [2.75, 3.05) is 0 Å². The van der Waals surface area contributed by atoms with Gasteiger partial charge in [-0.05, 0) is 52.0 Å². The standard InChI is InChI=1S/C38H34O16/c1-13(51-15(3)39)27-26-24(20(41)11-35(27,5)49)31(46)23-19(30(26)45)8-7-17(28(23)43)18-9-10-21-25(29(18)44)33(47)37-22(42)12-36(6,50)32(14(2)52-16(4)40)38(37,54-37)34(48)53-21/h7-10,13-14,27,32,43-44,49-50H,11-12H2,1-6H3/t13-,14-,27-,32+,35+,36+,37?,38?/m1/s1. The summed E-state index contributed by atoms with van der Waals surface area (Å²) in [4.78, 5) is 107. The van der Waals surface area contributed by atoms with Crippen LogP contribution in [-0.4, -0.2) is 102 Å². The lowest BCUT2D eigenvalue weighted by atomic mass is 9.61. The number of ketones is 5. The maximum absolute atomic E-state index is 14.4. The van der Waals surface area contributed by atoms with E-state index in [1.807, 2.05) is 0 Å². The number of benzene rings is 2. The van der Waals surface area contributed by atoms with Crippen molar-refractivity contribution >= 4 is 46.8 Å². The molecule has 2 heterocycles. The van der Waals surface area contributed by atoms with Crippen LogP contribution in [0.5, 0.6) is 17.2 Å². The molecule has 2 aromatic rings. The number of carbonyl (C=O) groups excluding carboxylic acids is 8. The lowest BCUT2D eigenvalue weighted by molar-refractivity contribution is -0.172. The number of hydrogen-bond acceptors (Lipinski definition) is 16. The van der Waals surface area contributed by atoms with E-state index in [1.54, 1.807) is 0 Å². The van der Waals surface area contributed by atoms with Gasteiger partial charge in [-0.2, -0.15) is 0 Å². The number of phenols is 2. The van der Waals surface area contributed by atoms with E-state index in [0.717, 1.165) is 38.1 Å². The summed E-state index contributed by atoms with van der Waals surface area (Å²) >= 11 is 0. The number of rotatable bonds is 5. The zero-order valence-corrected chi connectivity index (χ0v) is 29.7. The van der Waals surface area contributed by atoms with Crippen LogP contribution in [0.2, 0.25) is 0 Å². The third-order valence-corrected chi connectivity index (χ3v) is 11.1. The first-order valence-corrected chi connectivity index (χ1v) is 16.9. The summed E-state index contributed by atoms with van der Waals surface area (Å²) in [5.74, 6) is -13.0. The molecule has 0 amide bonds. The molecule has 0 spiro atoms. The molecule has 1 saturated carbocycles. The van der Waals surface area contributed by atoms with Crippen LogP contribution in [0.15, 0.2) is 35.4 Å². The first-order chi connectivity index (χ1) is 25.0. The second kappa shape index (κ2) is 11.5. The van der Waals surface area contributed by atoms with Gasteiger partial charge in [0.2, 0.25) is 22.8 Å². The van der Waals surface area contributed by atoms with Gasteiger partial charge in [-0.3, -0.25) is 33.6 Å². The Hall–Kier alpha value is -5.58. The van der Waals surface area contributed by atoms with Crippen LogP contribution < -0.4 is 4.74 Å². The Morgan fingerprint density at radius 1 is 0.778 bits per heavy atom. The molecule has 2 fully saturated rings. The average molecular weight is 747 g/mol. The number of epoxide rings is 1. The van der Waals surface area contributed by atoms with Crippen molar-refractivity contribution in [1.82, 2.24) is 0 Å². The highest BCUT2D eigenvalue weighted by Crippen LogP contribution is 2.66. The number of aliphatic hydroxyl groups is 2. The summed E-state index contributed by atoms with van der Waals surface area (Å²) in [5.41, 5.74) is -12.4. The first-order valence-electron chi connectivity index (χ1n) is 16.9. The molecule has 2 aliphatic heterocycles. The number of ether oxygens (including phenoxy) is 4. The minimum atomic E-state index is -2.60. The maximum Gasteiger partial charge on any atom is 0.348 e. The molecule has 54 heavy (non-hydrogen) atoms. The molecule has 8 atom stereocenters. The van der Waals surface area contributed by atoms with E-state index in [0.29, 0.717) is 0 Å². The molecule has 0 bridgehead atoms. The molecule has 1 saturated heterocycles.